The van der Waals surface area contributed by atoms with Crippen LogP contribution < -0.4 is 5.32 Å². The van der Waals surface area contributed by atoms with E-state index in [2.05, 4.69) is 31.1 Å². The van der Waals surface area contributed by atoms with Gasteiger partial charge in [0.25, 0.3) is 0 Å². The number of fused-ring (bicyclic) bond motifs is 3. The maximum atomic E-state index is 14.5. The second-order valence-corrected chi connectivity index (χ2v) is 8.92. The predicted octanol–water partition coefficient (Wildman–Crippen LogP) is 6.08. The summed E-state index contributed by atoms with van der Waals surface area (Å²) in [7, 11) is 0. The number of nitrogens with one attached hydrogen (secondary N) is 2. The third kappa shape index (κ3) is 3.26. The van der Waals surface area contributed by atoms with Crippen LogP contribution in [0.5, 0.6) is 0 Å². The Morgan fingerprint density at radius 1 is 1.12 bits per heavy atom. The molecule has 0 bridgehead atoms. The van der Waals surface area contributed by atoms with Crippen molar-refractivity contribution in [3.8, 4) is 11.1 Å². The highest BCUT2D eigenvalue weighted by Crippen LogP contribution is 2.37. The Labute approximate surface area is 158 Å². The van der Waals surface area contributed by atoms with E-state index in [9.17, 15) is 4.39 Å². The molecule has 1 unspecified atom stereocenters. The summed E-state index contributed by atoms with van der Waals surface area (Å²) in [6.45, 7) is 7.54. The lowest BCUT2D eigenvalue weighted by molar-refractivity contribution is 0.297. The second kappa shape index (κ2) is 6.40. The zero-order valence-corrected chi connectivity index (χ0v) is 16.2. The SMILES string of the molecule is CC(C)(C)CC1Cc2[nH]c3c(F)ccc(-c4ccc(Cl)cc4)c3c2CN1. The summed E-state index contributed by atoms with van der Waals surface area (Å²) in [6, 6.07) is 11.6. The Hall–Kier alpha value is -1.84. The highest BCUT2D eigenvalue weighted by atomic mass is 35.5. The highest BCUT2D eigenvalue weighted by Gasteiger charge is 2.27. The Morgan fingerprint density at radius 2 is 1.85 bits per heavy atom. The average molecular weight is 371 g/mol. The van der Waals surface area contributed by atoms with E-state index in [4.69, 9.17) is 11.6 Å². The Balaban J connectivity index is 1.81. The molecule has 0 radical (unpaired) electrons. The van der Waals surface area contributed by atoms with Crippen molar-refractivity contribution in [2.24, 2.45) is 5.41 Å². The summed E-state index contributed by atoms with van der Waals surface area (Å²) >= 11 is 6.03. The Kier molecular flexibility index (Phi) is 4.32. The van der Waals surface area contributed by atoms with E-state index in [-0.39, 0.29) is 11.2 Å². The van der Waals surface area contributed by atoms with Crippen molar-refractivity contribution in [2.45, 2.75) is 46.2 Å². The van der Waals surface area contributed by atoms with E-state index in [1.54, 1.807) is 6.07 Å². The lowest BCUT2D eigenvalue weighted by atomic mass is 9.84. The van der Waals surface area contributed by atoms with Gasteiger partial charge in [-0.2, -0.15) is 0 Å². The van der Waals surface area contributed by atoms with Crippen LogP contribution in [0.15, 0.2) is 36.4 Å². The number of halogens is 2. The summed E-state index contributed by atoms with van der Waals surface area (Å²) in [5, 5.41) is 5.35. The predicted molar refractivity (Wildman–Crippen MR) is 107 cm³/mol. The molecule has 0 saturated heterocycles. The fourth-order valence-electron chi connectivity index (χ4n) is 4.08. The Morgan fingerprint density at radius 3 is 2.54 bits per heavy atom. The van der Waals surface area contributed by atoms with Crippen LogP contribution in [0.1, 0.15) is 38.4 Å². The van der Waals surface area contributed by atoms with Crippen molar-refractivity contribution in [1.82, 2.24) is 10.3 Å². The zero-order valence-electron chi connectivity index (χ0n) is 15.4. The Bertz CT molecular complexity index is 951. The van der Waals surface area contributed by atoms with Crippen molar-refractivity contribution in [3.63, 3.8) is 0 Å². The van der Waals surface area contributed by atoms with Crippen LogP contribution in [-0.4, -0.2) is 11.0 Å². The van der Waals surface area contributed by atoms with E-state index in [1.807, 2.05) is 30.3 Å². The van der Waals surface area contributed by atoms with Gasteiger partial charge in [0.2, 0.25) is 0 Å². The van der Waals surface area contributed by atoms with Gasteiger partial charge in [-0.1, -0.05) is 50.6 Å². The summed E-state index contributed by atoms with van der Waals surface area (Å²) < 4.78 is 14.5. The van der Waals surface area contributed by atoms with E-state index >= 15 is 0 Å². The lowest BCUT2D eigenvalue weighted by Crippen LogP contribution is -2.38. The van der Waals surface area contributed by atoms with E-state index in [1.165, 1.54) is 5.56 Å². The minimum absolute atomic E-state index is 0.195. The molecular weight excluding hydrogens is 347 g/mol. The molecule has 1 atom stereocenters. The first-order valence-electron chi connectivity index (χ1n) is 9.13. The number of aromatic amines is 1. The molecule has 3 aromatic rings. The molecule has 1 aliphatic rings. The highest BCUT2D eigenvalue weighted by molar-refractivity contribution is 6.30. The van der Waals surface area contributed by atoms with Crippen molar-refractivity contribution >= 4 is 22.5 Å². The maximum Gasteiger partial charge on any atom is 0.147 e. The molecule has 136 valence electrons. The summed E-state index contributed by atoms with van der Waals surface area (Å²) in [4.78, 5) is 3.38. The van der Waals surface area contributed by atoms with Gasteiger partial charge in [0.15, 0.2) is 0 Å². The van der Waals surface area contributed by atoms with Gasteiger partial charge in [-0.15, -0.1) is 0 Å². The zero-order chi connectivity index (χ0) is 18.5. The molecule has 2 heterocycles. The number of H-pyrrole nitrogens is 1. The monoisotopic (exact) mass is 370 g/mol. The smallest absolute Gasteiger partial charge is 0.147 e. The van der Waals surface area contributed by atoms with Crippen molar-refractivity contribution in [2.75, 3.05) is 0 Å². The van der Waals surface area contributed by atoms with E-state index < -0.39 is 0 Å². The minimum atomic E-state index is -0.195. The fraction of sp³-hybridized carbons (Fsp3) is 0.364. The third-order valence-corrected chi connectivity index (χ3v) is 5.38. The van der Waals surface area contributed by atoms with Crippen LogP contribution in [0.25, 0.3) is 22.0 Å². The van der Waals surface area contributed by atoms with Crippen LogP contribution in [0.3, 0.4) is 0 Å². The average Bonchev–Trinajstić information content (AvgIpc) is 2.94. The van der Waals surface area contributed by atoms with Crippen molar-refractivity contribution in [1.29, 1.82) is 0 Å². The first-order valence-corrected chi connectivity index (χ1v) is 9.51. The lowest BCUT2D eigenvalue weighted by Gasteiger charge is -2.30. The van der Waals surface area contributed by atoms with Gasteiger partial charge >= 0.3 is 0 Å². The first kappa shape index (κ1) is 17.6. The number of aromatic nitrogens is 1. The molecule has 1 aliphatic heterocycles. The van der Waals surface area contributed by atoms with Gasteiger partial charge in [-0.05, 0) is 46.7 Å². The molecule has 4 heteroatoms. The van der Waals surface area contributed by atoms with Gasteiger partial charge in [0.05, 0.1) is 5.52 Å². The maximum absolute atomic E-state index is 14.5. The molecular formula is C22H24ClFN2. The second-order valence-electron chi connectivity index (χ2n) is 8.48. The molecule has 2 N–H and O–H groups in total. The summed E-state index contributed by atoms with van der Waals surface area (Å²) in [5.41, 5.74) is 5.33. The largest absolute Gasteiger partial charge is 0.356 e. The molecule has 0 amide bonds. The van der Waals surface area contributed by atoms with Gasteiger partial charge in [-0.25, -0.2) is 4.39 Å². The normalized spacial score (nSPS) is 17.5. The molecule has 4 rings (SSSR count). The molecule has 0 saturated carbocycles. The molecule has 2 aromatic carbocycles. The molecule has 26 heavy (non-hydrogen) atoms. The topological polar surface area (TPSA) is 27.8 Å². The van der Waals surface area contributed by atoms with E-state index in [0.717, 1.165) is 41.6 Å². The van der Waals surface area contributed by atoms with Gasteiger partial charge < -0.3 is 10.3 Å². The van der Waals surface area contributed by atoms with Crippen molar-refractivity contribution in [3.05, 3.63) is 58.5 Å². The summed E-state index contributed by atoms with van der Waals surface area (Å²) in [5.74, 6) is -0.195. The quantitative estimate of drug-likeness (QED) is 0.562. The summed E-state index contributed by atoms with van der Waals surface area (Å²) in [6.07, 6.45) is 2.00. The number of rotatable bonds is 2. The third-order valence-electron chi connectivity index (χ3n) is 5.13. The van der Waals surface area contributed by atoms with Gasteiger partial charge in [-0.3, -0.25) is 0 Å². The van der Waals surface area contributed by atoms with Crippen LogP contribution >= 0.6 is 11.6 Å². The molecule has 0 aliphatic carbocycles. The van der Waals surface area contributed by atoms with Crippen LogP contribution in [0.4, 0.5) is 4.39 Å². The standard InChI is InChI=1S/C22H24ClFN2/c1-22(2,3)11-15-10-19-17(12-25-15)20-16(8-9-18(24)21(20)26-19)13-4-6-14(23)7-5-13/h4-9,15,25-26H,10-12H2,1-3H3. The number of benzene rings is 2. The van der Waals surface area contributed by atoms with E-state index in [0.29, 0.717) is 16.6 Å². The fourth-order valence-corrected chi connectivity index (χ4v) is 4.20. The van der Waals surface area contributed by atoms with Crippen LogP contribution in [0.2, 0.25) is 5.02 Å². The van der Waals surface area contributed by atoms with Gasteiger partial charge in [0.1, 0.15) is 5.82 Å². The van der Waals surface area contributed by atoms with Gasteiger partial charge in [0, 0.05) is 35.1 Å². The molecule has 0 spiro atoms. The van der Waals surface area contributed by atoms with Crippen LogP contribution in [-0.2, 0) is 13.0 Å². The minimum Gasteiger partial charge on any atom is -0.356 e. The molecule has 2 nitrogen and oxygen atoms in total. The first-order chi connectivity index (χ1) is 12.3. The number of hydrogen-bond acceptors (Lipinski definition) is 1. The number of hydrogen-bond donors (Lipinski definition) is 2. The van der Waals surface area contributed by atoms with Crippen molar-refractivity contribution < 1.29 is 4.39 Å². The molecule has 0 fully saturated rings. The molecule has 1 aromatic heterocycles. The van der Waals surface area contributed by atoms with Crippen LogP contribution in [0, 0.1) is 11.2 Å².